The van der Waals surface area contributed by atoms with E-state index in [1.807, 2.05) is 37.4 Å². The van der Waals surface area contributed by atoms with Gasteiger partial charge in [-0.2, -0.15) is 4.98 Å². The van der Waals surface area contributed by atoms with Crippen LogP contribution >= 0.6 is 11.6 Å². The molecule has 0 saturated carbocycles. The van der Waals surface area contributed by atoms with Gasteiger partial charge in [0.25, 0.3) is 5.91 Å². The normalized spacial score (nSPS) is 17.2. The summed E-state index contributed by atoms with van der Waals surface area (Å²) in [4.78, 5) is 28.2. The molecule has 9 nitrogen and oxygen atoms in total. The second-order valence-electron chi connectivity index (χ2n) is 9.69. The molecule has 0 unspecified atom stereocenters. The Morgan fingerprint density at radius 3 is 2.73 bits per heavy atom. The Hall–Kier alpha value is -3.56. The zero-order valence-corrected chi connectivity index (χ0v) is 22.3. The summed E-state index contributed by atoms with van der Waals surface area (Å²) < 4.78 is 5.69. The average molecular weight is 522 g/mol. The summed E-state index contributed by atoms with van der Waals surface area (Å²) in [5.74, 6) is 1.45. The highest BCUT2D eigenvalue weighted by Gasteiger charge is 2.26. The summed E-state index contributed by atoms with van der Waals surface area (Å²) >= 11 is 6.44. The van der Waals surface area contributed by atoms with Gasteiger partial charge in [0, 0.05) is 44.5 Å². The number of amides is 1. The molecule has 0 radical (unpaired) electrons. The highest BCUT2D eigenvalue weighted by Crippen LogP contribution is 2.35. The van der Waals surface area contributed by atoms with E-state index in [-0.39, 0.29) is 5.91 Å². The van der Waals surface area contributed by atoms with Gasteiger partial charge >= 0.3 is 0 Å². The van der Waals surface area contributed by atoms with Crippen LogP contribution < -0.4 is 20.3 Å². The summed E-state index contributed by atoms with van der Waals surface area (Å²) in [5.41, 5.74) is 4.20. The number of rotatable bonds is 7. The van der Waals surface area contributed by atoms with Crippen molar-refractivity contribution in [3.63, 3.8) is 0 Å². The Balaban J connectivity index is 1.37. The van der Waals surface area contributed by atoms with E-state index in [9.17, 15) is 4.79 Å². The summed E-state index contributed by atoms with van der Waals surface area (Å²) in [6, 6.07) is 12.4. The van der Waals surface area contributed by atoms with E-state index in [1.54, 1.807) is 12.0 Å². The van der Waals surface area contributed by atoms with Crippen molar-refractivity contribution in [2.75, 3.05) is 63.4 Å². The lowest BCUT2D eigenvalue weighted by molar-refractivity contribution is 0.0782. The van der Waals surface area contributed by atoms with E-state index in [0.29, 0.717) is 46.4 Å². The quantitative estimate of drug-likeness (QED) is 0.473. The smallest absolute Gasteiger partial charge is 0.255 e. The topological polar surface area (TPSA) is 85.9 Å². The van der Waals surface area contributed by atoms with E-state index in [0.717, 1.165) is 42.9 Å². The lowest BCUT2D eigenvalue weighted by Crippen LogP contribution is -2.34. The molecule has 3 aromatic rings. The number of nitrogens with zero attached hydrogens (tertiary/aromatic N) is 5. The maximum absolute atomic E-state index is 12.9. The first-order valence-electron chi connectivity index (χ1n) is 12.4. The Morgan fingerprint density at radius 1 is 1.14 bits per heavy atom. The molecule has 194 valence electrons. The third-order valence-electron chi connectivity index (χ3n) is 7.12. The second-order valence-corrected chi connectivity index (χ2v) is 10.1. The molecule has 2 N–H and O–H groups in total. The van der Waals surface area contributed by atoms with E-state index < -0.39 is 0 Å². The van der Waals surface area contributed by atoms with Crippen LogP contribution in [0, 0.1) is 0 Å². The second kappa shape index (κ2) is 10.4. The molecule has 5 rings (SSSR count). The number of ether oxygens (including phenoxy) is 1. The molecule has 1 saturated heterocycles. The van der Waals surface area contributed by atoms with E-state index in [4.69, 9.17) is 16.3 Å². The van der Waals surface area contributed by atoms with Crippen molar-refractivity contribution in [3.05, 3.63) is 58.7 Å². The Bertz CT molecular complexity index is 1320. The lowest BCUT2D eigenvalue weighted by Gasteiger charge is -2.26. The molecule has 1 aromatic heterocycles. The molecular weight excluding hydrogens is 490 g/mol. The zero-order valence-electron chi connectivity index (χ0n) is 21.6. The molecule has 0 aliphatic carbocycles. The summed E-state index contributed by atoms with van der Waals surface area (Å²) in [7, 11) is 7.71. The number of likely N-dealkylation sites (N-methyl/N-ethyl adjacent to an activating group) is 2. The number of fused-ring (bicyclic) bond motifs is 1. The predicted molar refractivity (Wildman–Crippen MR) is 148 cm³/mol. The summed E-state index contributed by atoms with van der Waals surface area (Å²) in [5, 5.41) is 6.86. The van der Waals surface area contributed by atoms with Crippen LogP contribution in [0.2, 0.25) is 5.02 Å². The van der Waals surface area contributed by atoms with Gasteiger partial charge in [-0.25, -0.2) is 4.98 Å². The number of carbonyl (C=O) groups is 1. The minimum Gasteiger partial charge on any atom is -0.494 e. The van der Waals surface area contributed by atoms with Gasteiger partial charge in [0.1, 0.15) is 10.8 Å². The predicted octanol–water partition coefficient (Wildman–Crippen LogP) is 4.39. The first-order valence-corrected chi connectivity index (χ1v) is 12.7. The molecule has 10 heteroatoms. The van der Waals surface area contributed by atoms with Gasteiger partial charge < -0.3 is 30.1 Å². The van der Waals surface area contributed by atoms with Crippen LogP contribution in [-0.4, -0.2) is 79.6 Å². The number of aromatic nitrogens is 2. The Labute approximate surface area is 222 Å². The van der Waals surface area contributed by atoms with Gasteiger partial charge in [-0.05, 0) is 50.7 Å². The number of nitrogens with one attached hydrogen (secondary N) is 2. The molecule has 1 atom stereocenters. The minimum atomic E-state index is -0.0207. The third-order valence-corrected chi connectivity index (χ3v) is 7.39. The molecule has 2 aliphatic rings. The number of benzene rings is 2. The number of hydrogen-bond acceptors (Lipinski definition) is 8. The van der Waals surface area contributed by atoms with Crippen LogP contribution in [0.4, 0.5) is 28.8 Å². The van der Waals surface area contributed by atoms with Crippen molar-refractivity contribution in [2.24, 2.45) is 0 Å². The molecular formula is C27H32ClN7O2. The van der Waals surface area contributed by atoms with Crippen molar-refractivity contribution in [1.82, 2.24) is 19.8 Å². The van der Waals surface area contributed by atoms with Crippen molar-refractivity contribution < 1.29 is 9.53 Å². The van der Waals surface area contributed by atoms with Crippen LogP contribution in [0.15, 0.2) is 42.6 Å². The molecule has 0 bridgehead atoms. The fourth-order valence-corrected chi connectivity index (χ4v) is 5.02. The highest BCUT2D eigenvalue weighted by atomic mass is 35.5. The number of halogens is 1. The van der Waals surface area contributed by atoms with E-state index >= 15 is 0 Å². The maximum Gasteiger partial charge on any atom is 0.255 e. The molecule has 1 amide bonds. The number of carbonyl (C=O) groups excluding carboxylic acids is 1. The summed E-state index contributed by atoms with van der Waals surface area (Å²) in [6.07, 6.45) is 3.48. The zero-order chi connectivity index (χ0) is 26.1. The molecule has 1 fully saturated rings. The first-order chi connectivity index (χ1) is 17.8. The van der Waals surface area contributed by atoms with Gasteiger partial charge in [-0.15, -0.1) is 0 Å². The van der Waals surface area contributed by atoms with E-state index in [1.165, 1.54) is 6.20 Å². The fraction of sp³-hybridized carbons (Fsp3) is 0.370. The first kappa shape index (κ1) is 25.1. The van der Waals surface area contributed by atoms with Crippen LogP contribution in [0.1, 0.15) is 22.3 Å². The third kappa shape index (κ3) is 5.14. The standard InChI is InChI=1S/C27H32ClN7O2/c1-33(2)19-11-13-35(16-19)18-8-9-21(23(14-18)37-4)31-27-29-15-20(28)25(32-27)30-22-7-5-6-17-10-12-34(3)26(36)24(17)22/h5-9,14-15,19H,10-13,16H2,1-4H3,(H2,29,30,31,32)/t19-/m0/s1. The Morgan fingerprint density at radius 2 is 1.97 bits per heavy atom. The van der Waals surface area contributed by atoms with Crippen LogP contribution in [0.5, 0.6) is 5.75 Å². The van der Waals surface area contributed by atoms with E-state index in [2.05, 4.69) is 50.6 Å². The van der Waals surface area contributed by atoms with Crippen molar-refractivity contribution in [1.29, 1.82) is 0 Å². The van der Waals surface area contributed by atoms with Crippen molar-refractivity contribution in [2.45, 2.75) is 18.9 Å². The van der Waals surface area contributed by atoms with Crippen molar-refractivity contribution >= 4 is 46.3 Å². The molecule has 2 aliphatic heterocycles. The number of methoxy groups -OCH3 is 1. The fourth-order valence-electron chi connectivity index (χ4n) is 4.89. The van der Waals surface area contributed by atoms with Gasteiger partial charge in [0.15, 0.2) is 5.82 Å². The van der Waals surface area contributed by atoms with Gasteiger partial charge in [-0.1, -0.05) is 23.7 Å². The minimum absolute atomic E-state index is 0.0207. The largest absolute Gasteiger partial charge is 0.494 e. The number of hydrogen-bond donors (Lipinski definition) is 2. The van der Waals surface area contributed by atoms with Crippen molar-refractivity contribution in [3.8, 4) is 5.75 Å². The molecule has 2 aromatic carbocycles. The van der Waals surface area contributed by atoms with Gasteiger partial charge in [-0.3, -0.25) is 4.79 Å². The molecule has 3 heterocycles. The Kier molecular flexibility index (Phi) is 7.08. The maximum atomic E-state index is 12.9. The lowest BCUT2D eigenvalue weighted by atomic mass is 9.97. The van der Waals surface area contributed by atoms with Gasteiger partial charge in [0.05, 0.1) is 30.2 Å². The number of anilines is 5. The summed E-state index contributed by atoms with van der Waals surface area (Å²) in [6.45, 7) is 2.70. The van der Waals surface area contributed by atoms with Crippen LogP contribution in [0.25, 0.3) is 0 Å². The molecule has 0 spiro atoms. The monoisotopic (exact) mass is 521 g/mol. The molecule has 37 heavy (non-hydrogen) atoms. The van der Waals surface area contributed by atoms with Gasteiger partial charge in [0.2, 0.25) is 5.95 Å². The SMILES string of the molecule is COc1cc(N2CC[C@H](N(C)C)C2)ccc1Nc1ncc(Cl)c(Nc2cccc3c2C(=O)N(C)CC3)n1. The van der Waals surface area contributed by atoms with Crippen LogP contribution in [0.3, 0.4) is 0 Å². The van der Waals surface area contributed by atoms with Crippen LogP contribution in [-0.2, 0) is 6.42 Å². The average Bonchev–Trinajstić information content (AvgIpc) is 3.39. The highest BCUT2D eigenvalue weighted by molar-refractivity contribution is 6.33.